The number of hydrogen-bond acceptors (Lipinski definition) is 3. The Hall–Kier alpha value is -2.10. The van der Waals surface area contributed by atoms with Crippen LogP contribution in [-0.4, -0.2) is 22.7 Å². The molecule has 1 atom stereocenters. The van der Waals surface area contributed by atoms with Gasteiger partial charge in [0.2, 0.25) is 0 Å². The summed E-state index contributed by atoms with van der Waals surface area (Å²) in [6.45, 7) is 6.45. The molecule has 0 amide bonds. The Morgan fingerprint density at radius 1 is 1.35 bits per heavy atom. The zero-order valence-electron chi connectivity index (χ0n) is 14.3. The van der Waals surface area contributed by atoms with Crippen LogP contribution in [0.2, 0.25) is 0 Å². The standard InChI is InChI=1S/C19H24N2O2/c1-12(2)8-16-19-17(9-13(3)10-18(19)22)21(20-16)14-6-5-7-15(11-14)23-4/h5-7,11-13H,8-10H2,1-4H3. The van der Waals surface area contributed by atoms with E-state index in [-0.39, 0.29) is 5.78 Å². The van der Waals surface area contributed by atoms with Crippen LogP contribution in [0.5, 0.6) is 5.75 Å². The molecule has 1 aromatic carbocycles. The van der Waals surface area contributed by atoms with Crippen molar-refractivity contribution in [3.8, 4) is 11.4 Å². The summed E-state index contributed by atoms with van der Waals surface area (Å²) in [5.41, 5.74) is 3.81. The van der Waals surface area contributed by atoms with Crippen LogP contribution in [0.4, 0.5) is 0 Å². The molecule has 0 saturated heterocycles. The van der Waals surface area contributed by atoms with E-state index in [1.165, 1.54) is 0 Å². The number of methoxy groups -OCH3 is 1. The van der Waals surface area contributed by atoms with E-state index in [2.05, 4.69) is 20.8 Å². The molecule has 1 aliphatic rings. The molecule has 122 valence electrons. The first-order valence-electron chi connectivity index (χ1n) is 8.28. The zero-order valence-corrected chi connectivity index (χ0v) is 14.3. The van der Waals surface area contributed by atoms with Crippen LogP contribution in [-0.2, 0) is 12.8 Å². The maximum Gasteiger partial charge on any atom is 0.166 e. The molecule has 0 saturated carbocycles. The van der Waals surface area contributed by atoms with Crippen molar-refractivity contribution in [3.05, 3.63) is 41.2 Å². The van der Waals surface area contributed by atoms with Gasteiger partial charge in [-0.1, -0.05) is 26.8 Å². The van der Waals surface area contributed by atoms with E-state index in [9.17, 15) is 4.79 Å². The smallest absolute Gasteiger partial charge is 0.166 e. The van der Waals surface area contributed by atoms with Crippen molar-refractivity contribution in [2.24, 2.45) is 11.8 Å². The van der Waals surface area contributed by atoms with Crippen molar-refractivity contribution in [2.45, 2.75) is 40.0 Å². The summed E-state index contributed by atoms with van der Waals surface area (Å²) in [5.74, 6) is 1.87. The third-order valence-corrected chi connectivity index (χ3v) is 4.31. The summed E-state index contributed by atoms with van der Waals surface area (Å²) in [6.07, 6.45) is 2.35. The Morgan fingerprint density at radius 2 is 2.13 bits per heavy atom. The molecular formula is C19H24N2O2. The monoisotopic (exact) mass is 312 g/mol. The van der Waals surface area contributed by atoms with E-state index in [1.54, 1.807) is 7.11 Å². The van der Waals surface area contributed by atoms with Gasteiger partial charge in [0.15, 0.2) is 5.78 Å². The molecule has 23 heavy (non-hydrogen) atoms. The first-order valence-corrected chi connectivity index (χ1v) is 8.28. The predicted molar refractivity (Wildman–Crippen MR) is 90.5 cm³/mol. The number of benzene rings is 1. The van der Waals surface area contributed by atoms with Crippen molar-refractivity contribution in [1.82, 2.24) is 9.78 Å². The Labute approximate surface area is 137 Å². The normalized spacial score (nSPS) is 17.4. The highest BCUT2D eigenvalue weighted by atomic mass is 16.5. The SMILES string of the molecule is COc1cccc(-n2nc(CC(C)C)c3c2CC(C)CC3=O)c1. The molecule has 0 fully saturated rings. The molecule has 0 aliphatic heterocycles. The van der Waals surface area contributed by atoms with Gasteiger partial charge in [-0.25, -0.2) is 4.68 Å². The van der Waals surface area contributed by atoms with E-state index in [0.717, 1.165) is 41.2 Å². The maximum absolute atomic E-state index is 12.6. The summed E-state index contributed by atoms with van der Waals surface area (Å²) in [5, 5.41) is 4.80. The third kappa shape index (κ3) is 3.03. The Morgan fingerprint density at radius 3 is 2.83 bits per heavy atom. The van der Waals surface area contributed by atoms with Crippen LogP contribution >= 0.6 is 0 Å². The number of fused-ring (bicyclic) bond motifs is 1. The topological polar surface area (TPSA) is 44.1 Å². The van der Waals surface area contributed by atoms with Crippen LogP contribution < -0.4 is 4.74 Å². The van der Waals surface area contributed by atoms with Crippen LogP contribution in [0.15, 0.2) is 24.3 Å². The first kappa shape index (κ1) is 15.8. The van der Waals surface area contributed by atoms with Crippen LogP contribution in [0.25, 0.3) is 5.69 Å². The molecule has 1 aliphatic carbocycles. The van der Waals surface area contributed by atoms with Gasteiger partial charge in [-0.3, -0.25) is 4.79 Å². The Balaban J connectivity index is 2.15. The highest BCUT2D eigenvalue weighted by molar-refractivity contribution is 5.99. The third-order valence-electron chi connectivity index (χ3n) is 4.31. The first-order chi connectivity index (χ1) is 11.0. The second-order valence-corrected chi connectivity index (χ2v) is 6.92. The zero-order chi connectivity index (χ0) is 16.6. The van der Waals surface area contributed by atoms with E-state index < -0.39 is 0 Å². The van der Waals surface area contributed by atoms with Gasteiger partial charge in [0.1, 0.15) is 5.75 Å². The fraction of sp³-hybridized carbons (Fsp3) is 0.474. The minimum Gasteiger partial charge on any atom is -0.497 e. The van der Waals surface area contributed by atoms with Crippen molar-refractivity contribution in [1.29, 1.82) is 0 Å². The van der Waals surface area contributed by atoms with Gasteiger partial charge in [-0.05, 0) is 36.8 Å². The Bertz CT molecular complexity index is 731. The second kappa shape index (κ2) is 6.19. The highest BCUT2D eigenvalue weighted by Gasteiger charge is 2.30. The molecular weight excluding hydrogens is 288 g/mol. The van der Waals surface area contributed by atoms with E-state index >= 15 is 0 Å². The lowest BCUT2D eigenvalue weighted by Crippen LogP contribution is -2.20. The average Bonchev–Trinajstić information content (AvgIpc) is 2.85. The minimum absolute atomic E-state index is 0.239. The summed E-state index contributed by atoms with van der Waals surface area (Å²) in [6, 6.07) is 7.86. The van der Waals surface area contributed by atoms with Gasteiger partial charge in [-0.15, -0.1) is 0 Å². The number of carbonyl (C=O) groups excluding carboxylic acids is 1. The van der Waals surface area contributed by atoms with E-state index in [0.29, 0.717) is 18.3 Å². The average molecular weight is 312 g/mol. The lowest BCUT2D eigenvalue weighted by atomic mass is 9.86. The molecule has 1 unspecified atom stereocenters. The maximum atomic E-state index is 12.6. The molecule has 2 aromatic rings. The molecule has 3 rings (SSSR count). The highest BCUT2D eigenvalue weighted by Crippen LogP contribution is 2.31. The molecule has 1 heterocycles. The van der Waals surface area contributed by atoms with Gasteiger partial charge in [-0.2, -0.15) is 5.10 Å². The predicted octanol–water partition coefficient (Wildman–Crippen LogP) is 3.84. The summed E-state index contributed by atoms with van der Waals surface area (Å²) >= 11 is 0. The molecule has 4 heteroatoms. The van der Waals surface area contributed by atoms with E-state index in [4.69, 9.17) is 9.84 Å². The fourth-order valence-electron chi connectivity index (χ4n) is 3.32. The van der Waals surface area contributed by atoms with Crippen molar-refractivity contribution in [2.75, 3.05) is 7.11 Å². The number of Topliss-reactive ketones (excluding diaryl/α,β-unsaturated/α-hetero) is 1. The minimum atomic E-state index is 0.239. The van der Waals surface area contributed by atoms with E-state index in [1.807, 2.05) is 28.9 Å². The van der Waals surface area contributed by atoms with Crippen LogP contribution in [0.1, 0.15) is 48.9 Å². The van der Waals surface area contributed by atoms with Crippen molar-refractivity contribution >= 4 is 5.78 Å². The fourth-order valence-corrected chi connectivity index (χ4v) is 3.32. The van der Waals surface area contributed by atoms with Crippen LogP contribution in [0, 0.1) is 11.8 Å². The number of ketones is 1. The quantitative estimate of drug-likeness (QED) is 0.861. The van der Waals surface area contributed by atoms with Crippen molar-refractivity contribution in [3.63, 3.8) is 0 Å². The number of aromatic nitrogens is 2. The van der Waals surface area contributed by atoms with Gasteiger partial charge < -0.3 is 4.74 Å². The van der Waals surface area contributed by atoms with Gasteiger partial charge in [0.05, 0.1) is 29.7 Å². The van der Waals surface area contributed by atoms with Gasteiger partial charge in [0, 0.05) is 12.5 Å². The molecule has 0 spiro atoms. The van der Waals surface area contributed by atoms with Crippen molar-refractivity contribution < 1.29 is 9.53 Å². The molecule has 0 radical (unpaired) electrons. The summed E-state index contributed by atoms with van der Waals surface area (Å²) in [4.78, 5) is 12.6. The molecule has 1 aromatic heterocycles. The van der Waals surface area contributed by atoms with Gasteiger partial charge in [0.25, 0.3) is 0 Å². The lowest BCUT2D eigenvalue weighted by molar-refractivity contribution is 0.0951. The molecule has 4 nitrogen and oxygen atoms in total. The molecule has 0 bridgehead atoms. The summed E-state index contributed by atoms with van der Waals surface area (Å²) in [7, 11) is 1.66. The number of hydrogen-bond donors (Lipinski definition) is 0. The summed E-state index contributed by atoms with van der Waals surface area (Å²) < 4.78 is 7.27. The largest absolute Gasteiger partial charge is 0.497 e. The molecule has 0 N–H and O–H groups in total. The number of rotatable bonds is 4. The number of ether oxygens (including phenoxy) is 1. The number of carbonyl (C=O) groups is 1. The van der Waals surface area contributed by atoms with Gasteiger partial charge >= 0.3 is 0 Å². The van der Waals surface area contributed by atoms with Crippen LogP contribution in [0.3, 0.4) is 0 Å². The Kier molecular flexibility index (Phi) is 4.24. The lowest BCUT2D eigenvalue weighted by Gasteiger charge is -2.19. The second-order valence-electron chi connectivity index (χ2n) is 6.92. The number of nitrogens with zero attached hydrogens (tertiary/aromatic N) is 2.